The van der Waals surface area contributed by atoms with Crippen molar-refractivity contribution < 1.29 is 0 Å². The van der Waals surface area contributed by atoms with Gasteiger partial charge in [0, 0.05) is 13.1 Å². The van der Waals surface area contributed by atoms with E-state index in [-0.39, 0.29) is 0 Å². The van der Waals surface area contributed by atoms with Crippen molar-refractivity contribution in [2.75, 3.05) is 32.7 Å². The van der Waals surface area contributed by atoms with E-state index < -0.39 is 0 Å². The molecule has 0 atom stereocenters. The first kappa shape index (κ1) is 13.9. The van der Waals surface area contributed by atoms with E-state index in [1.54, 1.807) is 0 Å². The van der Waals surface area contributed by atoms with E-state index in [0.29, 0.717) is 0 Å². The molecule has 2 nitrogen and oxygen atoms in total. The van der Waals surface area contributed by atoms with Crippen molar-refractivity contribution in [2.24, 2.45) is 11.3 Å². The van der Waals surface area contributed by atoms with Crippen molar-refractivity contribution in [3.63, 3.8) is 0 Å². The maximum atomic E-state index is 3.69. The van der Waals surface area contributed by atoms with Crippen LogP contribution in [0.25, 0.3) is 0 Å². The minimum Gasteiger partial charge on any atom is -0.315 e. The third kappa shape index (κ3) is 3.72. The topological polar surface area (TPSA) is 15.3 Å². The minimum atomic E-state index is 0.785. The Kier molecular flexibility index (Phi) is 4.81. The lowest BCUT2D eigenvalue weighted by Gasteiger charge is -2.39. The molecule has 0 bridgehead atoms. The lowest BCUT2D eigenvalue weighted by Crippen LogP contribution is -2.42. The molecule has 0 aromatic heterocycles. The molecule has 3 fully saturated rings. The predicted molar refractivity (Wildman–Crippen MR) is 81.4 cm³/mol. The molecule has 110 valence electrons. The quantitative estimate of drug-likeness (QED) is 0.765. The van der Waals surface area contributed by atoms with Crippen LogP contribution in [0.4, 0.5) is 0 Å². The molecule has 2 aliphatic carbocycles. The van der Waals surface area contributed by atoms with E-state index in [1.807, 2.05) is 0 Å². The van der Waals surface area contributed by atoms with E-state index in [1.165, 1.54) is 96.9 Å². The summed E-state index contributed by atoms with van der Waals surface area (Å²) < 4.78 is 0. The van der Waals surface area contributed by atoms with Gasteiger partial charge in [-0.1, -0.05) is 25.7 Å². The Morgan fingerprint density at radius 2 is 1.58 bits per heavy atom. The Balaban J connectivity index is 1.27. The zero-order chi connectivity index (χ0) is 13.0. The molecule has 2 heteroatoms. The summed E-state index contributed by atoms with van der Waals surface area (Å²) in [5, 5.41) is 3.69. The first-order valence-corrected chi connectivity index (χ1v) is 8.79. The normalized spacial score (nSPS) is 28.4. The monoisotopic (exact) mass is 264 g/mol. The molecule has 3 rings (SSSR count). The first-order chi connectivity index (χ1) is 9.36. The third-order valence-corrected chi connectivity index (χ3v) is 6.09. The van der Waals surface area contributed by atoms with E-state index in [9.17, 15) is 0 Å². The number of piperidine rings is 1. The highest BCUT2D eigenvalue weighted by Gasteiger charge is 2.36. The van der Waals surface area contributed by atoms with E-state index in [4.69, 9.17) is 0 Å². The number of hydrogen-bond acceptors (Lipinski definition) is 2. The predicted octanol–water partition coefficient (Wildman–Crippen LogP) is 3.42. The second kappa shape index (κ2) is 6.58. The van der Waals surface area contributed by atoms with Crippen molar-refractivity contribution >= 4 is 0 Å². The van der Waals surface area contributed by atoms with Gasteiger partial charge in [0.2, 0.25) is 0 Å². The van der Waals surface area contributed by atoms with Crippen molar-refractivity contribution in [3.8, 4) is 0 Å². The number of rotatable bonds is 5. The van der Waals surface area contributed by atoms with Crippen LogP contribution >= 0.6 is 0 Å². The highest BCUT2D eigenvalue weighted by Crippen LogP contribution is 2.45. The first-order valence-electron chi connectivity index (χ1n) is 8.79. The average molecular weight is 264 g/mol. The van der Waals surface area contributed by atoms with E-state index in [0.717, 1.165) is 11.3 Å². The maximum absolute atomic E-state index is 3.69. The van der Waals surface area contributed by atoms with Gasteiger partial charge in [-0.15, -0.1) is 0 Å². The summed E-state index contributed by atoms with van der Waals surface area (Å²) in [4.78, 5) is 2.70. The van der Waals surface area contributed by atoms with Gasteiger partial charge in [0.05, 0.1) is 0 Å². The van der Waals surface area contributed by atoms with E-state index in [2.05, 4.69) is 10.2 Å². The molecule has 1 heterocycles. The Labute approximate surface area is 119 Å². The van der Waals surface area contributed by atoms with Crippen molar-refractivity contribution in [1.82, 2.24) is 10.2 Å². The Bertz CT molecular complexity index is 254. The molecule has 2 saturated carbocycles. The standard InChI is InChI=1S/C17H32N2/c1-2-6-16(5-1)15-18-11-14-19-12-9-17(10-13-19)7-3-4-8-17/h16,18H,1-15H2. The highest BCUT2D eigenvalue weighted by atomic mass is 15.1. The molecular formula is C17H32N2. The molecule has 3 aliphatic rings. The molecule has 0 radical (unpaired) electrons. The summed E-state index contributed by atoms with van der Waals surface area (Å²) in [5.74, 6) is 0.989. The Morgan fingerprint density at radius 1 is 0.895 bits per heavy atom. The number of hydrogen-bond donors (Lipinski definition) is 1. The van der Waals surface area contributed by atoms with Gasteiger partial charge < -0.3 is 10.2 Å². The molecule has 1 N–H and O–H groups in total. The summed E-state index contributed by atoms with van der Waals surface area (Å²) >= 11 is 0. The van der Waals surface area contributed by atoms with Gasteiger partial charge >= 0.3 is 0 Å². The lowest BCUT2D eigenvalue weighted by atomic mass is 9.77. The summed E-state index contributed by atoms with van der Waals surface area (Å²) in [6, 6.07) is 0. The molecule has 0 amide bonds. The zero-order valence-corrected chi connectivity index (χ0v) is 12.6. The van der Waals surface area contributed by atoms with Crippen LogP contribution in [0.2, 0.25) is 0 Å². The fourth-order valence-electron chi connectivity index (χ4n) is 4.63. The van der Waals surface area contributed by atoms with Crippen LogP contribution in [0.5, 0.6) is 0 Å². The van der Waals surface area contributed by atoms with Crippen molar-refractivity contribution in [2.45, 2.75) is 64.2 Å². The number of nitrogens with zero attached hydrogens (tertiary/aromatic N) is 1. The SMILES string of the molecule is C1CCC(CNCCN2CCC3(CCCC3)CC2)C1. The molecule has 0 aromatic carbocycles. The maximum Gasteiger partial charge on any atom is 0.0107 e. The summed E-state index contributed by atoms with van der Waals surface area (Å²) in [7, 11) is 0. The largest absolute Gasteiger partial charge is 0.315 e. The summed E-state index contributed by atoms with van der Waals surface area (Å²) in [6.07, 6.45) is 14.9. The van der Waals surface area contributed by atoms with Gasteiger partial charge in [-0.3, -0.25) is 0 Å². The van der Waals surface area contributed by atoms with Gasteiger partial charge in [-0.25, -0.2) is 0 Å². The molecule has 0 unspecified atom stereocenters. The Hall–Kier alpha value is -0.0800. The lowest BCUT2D eigenvalue weighted by molar-refractivity contribution is 0.109. The molecule has 1 aliphatic heterocycles. The minimum absolute atomic E-state index is 0.785. The third-order valence-electron chi connectivity index (χ3n) is 6.09. The second-order valence-electron chi connectivity index (χ2n) is 7.40. The van der Waals surface area contributed by atoms with Crippen LogP contribution < -0.4 is 5.32 Å². The zero-order valence-electron chi connectivity index (χ0n) is 12.6. The molecule has 1 saturated heterocycles. The van der Waals surface area contributed by atoms with Crippen LogP contribution in [-0.2, 0) is 0 Å². The van der Waals surface area contributed by atoms with Gasteiger partial charge in [0.15, 0.2) is 0 Å². The van der Waals surface area contributed by atoms with Crippen molar-refractivity contribution in [3.05, 3.63) is 0 Å². The van der Waals surface area contributed by atoms with Gasteiger partial charge in [0.1, 0.15) is 0 Å². The van der Waals surface area contributed by atoms with Crippen LogP contribution in [0.15, 0.2) is 0 Å². The van der Waals surface area contributed by atoms with Crippen LogP contribution in [0, 0.1) is 11.3 Å². The molecule has 0 aromatic rings. The van der Waals surface area contributed by atoms with Gasteiger partial charge in [-0.2, -0.15) is 0 Å². The average Bonchev–Trinajstić information content (AvgIpc) is 3.09. The molecular weight excluding hydrogens is 232 g/mol. The number of likely N-dealkylation sites (tertiary alicyclic amines) is 1. The second-order valence-corrected chi connectivity index (χ2v) is 7.40. The van der Waals surface area contributed by atoms with Gasteiger partial charge in [0.25, 0.3) is 0 Å². The molecule has 1 spiro atoms. The fourth-order valence-corrected chi connectivity index (χ4v) is 4.63. The Morgan fingerprint density at radius 3 is 2.26 bits per heavy atom. The highest BCUT2D eigenvalue weighted by molar-refractivity contribution is 4.89. The van der Waals surface area contributed by atoms with E-state index >= 15 is 0 Å². The summed E-state index contributed by atoms with van der Waals surface area (Å²) in [5.41, 5.74) is 0.785. The fraction of sp³-hybridized carbons (Fsp3) is 1.00. The van der Waals surface area contributed by atoms with Crippen molar-refractivity contribution in [1.29, 1.82) is 0 Å². The van der Waals surface area contributed by atoms with Crippen LogP contribution in [-0.4, -0.2) is 37.6 Å². The number of nitrogens with one attached hydrogen (secondary N) is 1. The van der Waals surface area contributed by atoms with Gasteiger partial charge in [-0.05, 0) is 69.5 Å². The van der Waals surface area contributed by atoms with Crippen LogP contribution in [0.3, 0.4) is 0 Å². The van der Waals surface area contributed by atoms with Crippen LogP contribution in [0.1, 0.15) is 64.2 Å². The summed E-state index contributed by atoms with van der Waals surface area (Å²) in [6.45, 7) is 6.50. The molecule has 19 heavy (non-hydrogen) atoms. The smallest absolute Gasteiger partial charge is 0.0107 e.